The first kappa shape index (κ1) is 13.8. The maximum atomic E-state index is 6.06. The first-order chi connectivity index (χ1) is 8.60. The molecule has 1 aromatic rings. The zero-order valence-electron chi connectivity index (χ0n) is 10.5. The fourth-order valence-electron chi connectivity index (χ4n) is 2.42. The molecule has 1 aliphatic carbocycles. The van der Waals surface area contributed by atoms with Crippen LogP contribution in [0, 0.1) is 5.92 Å². The Kier molecular flexibility index (Phi) is 4.57. The van der Waals surface area contributed by atoms with Crippen LogP contribution in [-0.4, -0.2) is 11.1 Å². The van der Waals surface area contributed by atoms with Crippen molar-refractivity contribution in [1.29, 1.82) is 0 Å². The Morgan fingerprint density at radius 2 is 2.17 bits per heavy atom. The van der Waals surface area contributed by atoms with E-state index < -0.39 is 0 Å². The number of pyridine rings is 1. The van der Waals surface area contributed by atoms with Gasteiger partial charge in [0, 0.05) is 0 Å². The number of hydrogen-bond acceptors (Lipinski definition) is 3. The first-order valence-corrected chi connectivity index (χ1v) is 7.14. The molecule has 0 saturated heterocycles. The topological polar surface area (TPSA) is 48.1 Å². The van der Waals surface area contributed by atoms with Gasteiger partial charge in [-0.1, -0.05) is 43.0 Å². The van der Waals surface area contributed by atoms with E-state index in [9.17, 15) is 0 Å². The van der Waals surface area contributed by atoms with E-state index in [0.717, 1.165) is 18.8 Å². The van der Waals surface area contributed by atoms with Crippen molar-refractivity contribution in [3.8, 4) is 5.88 Å². The lowest BCUT2D eigenvalue weighted by molar-refractivity contribution is 0.117. The predicted molar refractivity (Wildman–Crippen MR) is 75.3 cm³/mol. The third kappa shape index (κ3) is 3.21. The van der Waals surface area contributed by atoms with Gasteiger partial charge in [-0.15, -0.1) is 0 Å². The van der Waals surface area contributed by atoms with Crippen molar-refractivity contribution in [2.24, 2.45) is 5.92 Å². The van der Waals surface area contributed by atoms with Gasteiger partial charge in [0.05, 0.1) is 5.02 Å². The molecule has 1 saturated carbocycles. The second kappa shape index (κ2) is 5.98. The van der Waals surface area contributed by atoms with E-state index in [-0.39, 0.29) is 11.9 Å². The molecule has 2 atom stereocenters. The van der Waals surface area contributed by atoms with Gasteiger partial charge in [0.1, 0.15) is 16.9 Å². The molecule has 1 heterocycles. The number of nitrogen functional groups attached to an aromatic ring is 1. The van der Waals surface area contributed by atoms with Gasteiger partial charge < -0.3 is 10.5 Å². The minimum atomic E-state index is 0.189. The van der Waals surface area contributed by atoms with Crippen LogP contribution >= 0.6 is 23.2 Å². The quantitative estimate of drug-likeness (QED) is 0.901. The molecule has 5 heteroatoms. The van der Waals surface area contributed by atoms with E-state index in [1.54, 1.807) is 6.07 Å². The molecule has 2 unspecified atom stereocenters. The standard InChI is InChI=1S/C13H18Cl2N2O/c1-2-8-4-3-5-9(6-8)18-13-11(15)7-10(14)12(16)17-13/h7-9H,2-6H2,1H3,(H2,16,17). The fraction of sp³-hybridized carbons (Fsp3) is 0.615. The minimum Gasteiger partial charge on any atom is -0.473 e. The van der Waals surface area contributed by atoms with E-state index in [2.05, 4.69) is 11.9 Å². The first-order valence-electron chi connectivity index (χ1n) is 6.38. The molecule has 1 fully saturated rings. The second-order valence-corrected chi connectivity index (χ2v) is 5.64. The van der Waals surface area contributed by atoms with Crippen molar-refractivity contribution in [3.05, 3.63) is 16.1 Å². The van der Waals surface area contributed by atoms with Gasteiger partial charge in [-0.05, 0) is 31.2 Å². The molecule has 1 aromatic heterocycles. The van der Waals surface area contributed by atoms with Crippen LogP contribution < -0.4 is 10.5 Å². The molecule has 0 aliphatic heterocycles. The average molecular weight is 289 g/mol. The highest BCUT2D eigenvalue weighted by Gasteiger charge is 2.23. The normalized spacial score (nSPS) is 23.9. The zero-order valence-corrected chi connectivity index (χ0v) is 12.0. The summed E-state index contributed by atoms with van der Waals surface area (Å²) >= 11 is 11.9. The number of nitrogens with two attached hydrogens (primary N) is 1. The second-order valence-electron chi connectivity index (χ2n) is 4.82. The monoisotopic (exact) mass is 288 g/mol. The molecule has 3 nitrogen and oxygen atoms in total. The number of hydrogen-bond donors (Lipinski definition) is 1. The molecule has 1 aliphatic rings. The maximum Gasteiger partial charge on any atom is 0.234 e. The lowest BCUT2D eigenvalue weighted by Gasteiger charge is -2.28. The summed E-state index contributed by atoms with van der Waals surface area (Å²) < 4.78 is 5.87. The number of halogens is 2. The van der Waals surface area contributed by atoms with Crippen LogP contribution in [0.25, 0.3) is 0 Å². The van der Waals surface area contributed by atoms with Crippen LogP contribution in [0.1, 0.15) is 39.0 Å². The molecule has 18 heavy (non-hydrogen) atoms. The number of rotatable bonds is 3. The lowest BCUT2D eigenvalue weighted by atomic mass is 9.85. The number of ether oxygens (including phenoxy) is 1. The van der Waals surface area contributed by atoms with Crippen molar-refractivity contribution in [3.63, 3.8) is 0 Å². The Morgan fingerprint density at radius 3 is 2.89 bits per heavy atom. The van der Waals surface area contributed by atoms with E-state index in [4.69, 9.17) is 33.7 Å². The summed E-state index contributed by atoms with van der Waals surface area (Å²) in [6.45, 7) is 2.22. The van der Waals surface area contributed by atoms with Crippen LogP contribution in [0.15, 0.2) is 6.07 Å². The van der Waals surface area contributed by atoms with Gasteiger partial charge >= 0.3 is 0 Å². The Bertz CT molecular complexity index is 426. The zero-order chi connectivity index (χ0) is 13.1. The minimum absolute atomic E-state index is 0.189. The fourth-order valence-corrected chi connectivity index (χ4v) is 2.83. The summed E-state index contributed by atoms with van der Waals surface area (Å²) in [5, 5.41) is 0.787. The van der Waals surface area contributed by atoms with Crippen LogP contribution in [0.4, 0.5) is 5.82 Å². The molecular weight excluding hydrogens is 271 g/mol. The SMILES string of the molecule is CCC1CCCC(Oc2nc(N)c(Cl)cc2Cl)C1. The van der Waals surface area contributed by atoms with Crippen molar-refractivity contribution in [2.45, 2.75) is 45.1 Å². The van der Waals surface area contributed by atoms with Crippen LogP contribution in [-0.2, 0) is 0 Å². The molecule has 2 rings (SSSR count). The van der Waals surface area contributed by atoms with Gasteiger partial charge in [-0.3, -0.25) is 0 Å². The third-order valence-electron chi connectivity index (χ3n) is 3.51. The van der Waals surface area contributed by atoms with Crippen molar-refractivity contribution >= 4 is 29.0 Å². The maximum absolute atomic E-state index is 6.06. The average Bonchev–Trinajstić information content (AvgIpc) is 2.36. The Morgan fingerprint density at radius 1 is 1.39 bits per heavy atom. The molecule has 0 amide bonds. The summed E-state index contributed by atoms with van der Waals surface area (Å²) in [4.78, 5) is 4.11. The third-order valence-corrected chi connectivity index (χ3v) is 4.09. The highest BCUT2D eigenvalue weighted by molar-refractivity contribution is 6.36. The largest absolute Gasteiger partial charge is 0.473 e. The Hall–Kier alpha value is -0.670. The number of nitrogens with zero attached hydrogens (tertiary/aromatic N) is 1. The molecule has 100 valence electrons. The van der Waals surface area contributed by atoms with Crippen LogP contribution in [0.5, 0.6) is 5.88 Å². The van der Waals surface area contributed by atoms with Gasteiger partial charge in [0.2, 0.25) is 5.88 Å². The van der Waals surface area contributed by atoms with Gasteiger partial charge in [-0.2, -0.15) is 4.98 Å². The van der Waals surface area contributed by atoms with Gasteiger partial charge in [-0.25, -0.2) is 0 Å². The van der Waals surface area contributed by atoms with E-state index in [0.29, 0.717) is 15.9 Å². The van der Waals surface area contributed by atoms with Crippen LogP contribution in [0.3, 0.4) is 0 Å². The molecule has 0 bridgehead atoms. The summed E-state index contributed by atoms with van der Waals surface area (Å²) in [5.41, 5.74) is 5.67. The summed E-state index contributed by atoms with van der Waals surface area (Å²) in [7, 11) is 0. The van der Waals surface area contributed by atoms with Gasteiger partial charge in [0.15, 0.2) is 0 Å². The molecule has 0 radical (unpaired) electrons. The van der Waals surface area contributed by atoms with Gasteiger partial charge in [0.25, 0.3) is 0 Å². The van der Waals surface area contributed by atoms with Crippen molar-refractivity contribution in [1.82, 2.24) is 4.98 Å². The molecule has 0 aromatic carbocycles. The smallest absolute Gasteiger partial charge is 0.234 e. The summed E-state index contributed by atoms with van der Waals surface area (Å²) in [5.74, 6) is 1.41. The van der Waals surface area contributed by atoms with Crippen molar-refractivity contribution < 1.29 is 4.74 Å². The Labute approximate surface area is 118 Å². The van der Waals surface area contributed by atoms with E-state index in [1.807, 2.05) is 0 Å². The van der Waals surface area contributed by atoms with Crippen molar-refractivity contribution in [2.75, 3.05) is 5.73 Å². The molecule has 2 N–H and O–H groups in total. The van der Waals surface area contributed by atoms with Crippen LogP contribution in [0.2, 0.25) is 10.0 Å². The lowest BCUT2D eigenvalue weighted by Crippen LogP contribution is -2.25. The number of aromatic nitrogens is 1. The highest BCUT2D eigenvalue weighted by Crippen LogP contribution is 2.33. The van der Waals surface area contributed by atoms with E-state index >= 15 is 0 Å². The summed E-state index contributed by atoms with van der Waals surface area (Å²) in [6, 6.07) is 1.58. The number of anilines is 1. The summed E-state index contributed by atoms with van der Waals surface area (Å²) in [6.07, 6.45) is 6.00. The highest BCUT2D eigenvalue weighted by atomic mass is 35.5. The molecular formula is C13H18Cl2N2O. The molecule has 0 spiro atoms. The Balaban J connectivity index is 2.07. The van der Waals surface area contributed by atoms with E-state index in [1.165, 1.54) is 19.3 Å². The predicted octanol–water partition coefficient (Wildman–Crippen LogP) is 4.32.